The monoisotopic (exact) mass is 240 g/mol. The van der Waals surface area contributed by atoms with Crippen molar-refractivity contribution in [1.82, 2.24) is 10.1 Å². The molecule has 1 amide bonds. The molecule has 1 aromatic heterocycles. The number of benzene rings is 1. The van der Waals surface area contributed by atoms with Crippen molar-refractivity contribution in [3.63, 3.8) is 0 Å². The first-order chi connectivity index (χ1) is 8.74. The summed E-state index contributed by atoms with van der Waals surface area (Å²) in [6, 6.07) is 5.38. The highest BCUT2D eigenvalue weighted by atomic mass is 16.5. The van der Waals surface area contributed by atoms with Crippen LogP contribution < -0.4 is 5.46 Å². The van der Waals surface area contributed by atoms with Crippen molar-refractivity contribution in [1.29, 1.82) is 0 Å². The summed E-state index contributed by atoms with van der Waals surface area (Å²) in [6.45, 7) is 1.73. The summed E-state index contributed by atoms with van der Waals surface area (Å²) in [5.74, 6) is 0.125. The average molecular weight is 240 g/mol. The number of nitrogens with zero attached hydrogens (tertiary/aromatic N) is 2. The molecule has 3 rings (SSSR count). The minimum atomic E-state index is 0.125. The third-order valence-electron chi connectivity index (χ3n) is 3.35. The van der Waals surface area contributed by atoms with Crippen LogP contribution in [-0.4, -0.2) is 36.9 Å². The molecule has 0 atom stereocenters. The van der Waals surface area contributed by atoms with Crippen molar-refractivity contribution in [2.75, 3.05) is 13.1 Å². The fourth-order valence-electron chi connectivity index (χ4n) is 2.36. The van der Waals surface area contributed by atoms with Gasteiger partial charge in [0, 0.05) is 18.5 Å². The minimum absolute atomic E-state index is 0.125. The van der Waals surface area contributed by atoms with E-state index in [4.69, 9.17) is 12.4 Å². The Morgan fingerprint density at radius 3 is 2.94 bits per heavy atom. The van der Waals surface area contributed by atoms with Gasteiger partial charge in [-0.05, 0) is 25.0 Å². The Kier molecular flexibility index (Phi) is 2.82. The van der Waals surface area contributed by atoms with E-state index in [0.29, 0.717) is 23.2 Å². The average Bonchev–Trinajstić information content (AvgIpc) is 2.98. The van der Waals surface area contributed by atoms with E-state index >= 15 is 0 Å². The van der Waals surface area contributed by atoms with Gasteiger partial charge in [0.15, 0.2) is 5.58 Å². The zero-order valence-electron chi connectivity index (χ0n) is 10.1. The first kappa shape index (κ1) is 11.3. The van der Waals surface area contributed by atoms with E-state index in [9.17, 15) is 4.79 Å². The second-order valence-electron chi connectivity index (χ2n) is 4.65. The summed E-state index contributed by atoms with van der Waals surface area (Å²) in [6.07, 6.45) is 2.50. The largest absolute Gasteiger partial charge is 0.356 e. The molecule has 0 spiro atoms. The molecule has 0 unspecified atom stereocenters. The number of carbonyl (C=O) groups is 1. The van der Waals surface area contributed by atoms with Crippen molar-refractivity contribution < 1.29 is 9.32 Å². The highest BCUT2D eigenvalue weighted by Gasteiger charge is 2.20. The van der Waals surface area contributed by atoms with Crippen molar-refractivity contribution in [3.05, 3.63) is 23.9 Å². The lowest BCUT2D eigenvalue weighted by Gasteiger charge is -2.13. The number of rotatable bonds is 2. The van der Waals surface area contributed by atoms with Crippen molar-refractivity contribution in [2.45, 2.75) is 19.3 Å². The summed E-state index contributed by atoms with van der Waals surface area (Å²) in [7, 11) is 5.67. The van der Waals surface area contributed by atoms with Crippen molar-refractivity contribution in [3.8, 4) is 0 Å². The summed E-state index contributed by atoms with van der Waals surface area (Å²) in [5, 5.41) is 4.84. The van der Waals surface area contributed by atoms with Crippen molar-refractivity contribution >= 4 is 30.2 Å². The van der Waals surface area contributed by atoms with Crippen LogP contribution in [0.25, 0.3) is 11.0 Å². The molecule has 2 radical (unpaired) electrons. The number of hydrogen-bond donors (Lipinski definition) is 0. The van der Waals surface area contributed by atoms with Crippen LogP contribution >= 0.6 is 0 Å². The van der Waals surface area contributed by atoms with Gasteiger partial charge in [-0.3, -0.25) is 4.79 Å². The molecule has 2 heterocycles. The second-order valence-corrected chi connectivity index (χ2v) is 4.65. The first-order valence-corrected chi connectivity index (χ1v) is 6.15. The van der Waals surface area contributed by atoms with Gasteiger partial charge < -0.3 is 9.42 Å². The maximum Gasteiger partial charge on any atom is 0.228 e. The van der Waals surface area contributed by atoms with Crippen LogP contribution in [0.15, 0.2) is 22.7 Å². The van der Waals surface area contributed by atoms with Gasteiger partial charge in [-0.15, -0.1) is 0 Å². The molecule has 2 aromatic rings. The number of fused-ring (bicyclic) bond motifs is 1. The molecule has 1 aliphatic rings. The molecular formula is C13H13BN2O2. The van der Waals surface area contributed by atoms with Crippen LogP contribution in [0, 0.1) is 0 Å². The van der Waals surface area contributed by atoms with E-state index in [1.54, 1.807) is 12.1 Å². The lowest BCUT2D eigenvalue weighted by atomic mass is 9.95. The Bertz CT molecular complexity index is 588. The van der Waals surface area contributed by atoms with E-state index in [1.165, 1.54) is 0 Å². The van der Waals surface area contributed by atoms with Gasteiger partial charge in [-0.25, -0.2) is 0 Å². The van der Waals surface area contributed by atoms with Gasteiger partial charge in [-0.1, -0.05) is 16.7 Å². The Morgan fingerprint density at radius 1 is 1.39 bits per heavy atom. The van der Waals surface area contributed by atoms with E-state index < -0.39 is 0 Å². The lowest BCUT2D eigenvalue weighted by molar-refractivity contribution is -0.129. The molecule has 90 valence electrons. The van der Waals surface area contributed by atoms with E-state index in [-0.39, 0.29) is 5.91 Å². The fraction of sp³-hybridized carbons (Fsp3) is 0.385. The van der Waals surface area contributed by atoms with Crippen LogP contribution in [0.1, 0.15) is 18.5 Å². The summed E-state index contributed by atoms with van der Waals surface area (Å²) >= 11 is 0. The Morgan fingerprint density at radius 2 is 2.17 bits per heavy atom. The third kappa shape index (κ3) is 2.01. The minimum Gasteiger partial charge on any atom is -0.356 e. The van der Waals surface area contributed by atoms with Crippen molar-refractivity contribution in [2.24, 2.45) is 0 Å². The number of likely N-dealkylation sites (tertiary alicyclic amines) is 1. The quantitative estimate of drug-likeness (QED) is 0.729. The summed E-state index contributed by atoms with van der Waals surface area (Å²) in [5.41, 5.74) is 1.97. The van der Waals surface area contributed by atoms with Crippen LogP contribution in [0.5, 0.6) is 0 Å². The van der Waals surface area contributed by atoms with E-state index in [1.807, 2.05) is 11.0 Å². The molecule has 0 bridgehead atoms. The van der Waals surface area contributed by atoms with Crippen LogP contribution in [-0.2, 0) is 11.2 Å². The Labute approximate surface area is 106 Å². The van der Waals surface area contributed by atoms with E-state index in [2.05, 4.69) is 5.16 Å². The molecule has 4 nitrogen and oxygen atoms in total. The molecule has 18 heavy (non-hydrogen) atoms. The topological polar surface area (TPSA) is 46.3 Å². The van der Waals surface area contributed by atoms with Gasteiger partial charge in [0.2, 0.25) is 5.91 Å². The predicted molar refractivity (Wildman–Crippen MR) is 68.9 cm³/mol. The molecule has 0 saturated carbocycles. The van der Waals surface area contributed by atoms with Gasteiger partial charge >= 0.3 is 0 Å². The highest BCUT2D eigenvalue weighted by Crippen LogP contribution is 2.18. The standard InChI is InChI=1S/C13H13BN2O2/c14-9-3-4-10-11(15-18-12(10)7-9)8-13(17)16-5-1-2-6-16/h3-4,7H,1-2,5-6,8H2. The Balaban J connectivity index is 1.84. The molecule has 0 N–H and O–H groups in total. The predicted octanol–water partition coefficient (Wildman–Crippen LogP) is 0.787. The van der Waals surface area contributed by atoms with Crippen LogP contribution in [0.2, 0.25) is 0 Å². The number of hydrogen-bond acceptors (Lipinski definition) is 3. The van der Waals surface area contributed by atoms with Crippen LogP contribution in [0.4, 0.5) is 0 Å². The van der Waals surface area contributed by atoms with Gasteiger partial charge in [0.05, 0.1) is 6.42 Å². The maximum atomic E-state index is 12.0. The zero-order valence-corrected chi connectivity index (χ0v) is 10.1. The summed E-state index contributed by atoms with van der Waals surface area (Å²) in [4.78, 5) is 13.9. The smallest absolute Gasteiger partial charge is 0.228 e. The molecule has 1 saturated heterocycles. The Hall–Kier alpha value is -1.78. The molecule has 1 aliphatic heterocycles. The number of carbonyl (C=O) groups excluding carboxylic acids is 1. The lowest BCUT2D eigenvalue weighted by Crippen LogP contribution is -2.29. The molecular weight excluding hydrogens is 227 g/mol. The van der Waals surface area contributed by atoms with Gasteiger partial charge in [0.1, 0.15) is 13.5 Å². The van der Waals surface area contributed by atoms with Gasteiger partial charge in [-0.2, -0.15) is 0 Å². The second kappa shape index (κ2) is 4.48. The van der Waals surface area contributed by atoms with Crippen LogP contribution in [0.3, 0.4) is 0 Å². The molecule has 1 fully saturated rings. The zero-order chi connectivity index (χ0) is 12.5. The SMILES string of the molecule is [B]c1ccc2c(CC(=O)N3CCCC3)noc2c1. The maximum absolute atomic E-state index is 12.0. The first-order valence-electron chi connectivity index (χ1n) is 6.15. The van der Waals surface area contributed by atoms with Gasteiger partial charge in [0.25, 0.3) is 0 Å². The fourth-order valence-corrected chi connectivity index (χ4v) is 2.36. The highest BCUT2D eigenvalue weighted by molar-refractivity contribution is 6.33. The number of amides is 1. The van der Waals surface area contributed by atoms with E-state index in [0.717, 1.165) is 31.3 Å². The number of aromatic nitrogens is 1. The molecule has 5 heteroatoms. The summed E-state index contributed by atoms with van der Waals surface area (Å²) < 4.78 is 5.19. The third-order valence-corrected chi connectivity index (χ3v) is 3.35. The molecule has 0 aliphatic carbocycles. The normalized spacial score (nSPS) is 15.4. The molecule has 1 aromatic carbocycles.